The van der Waals surface area contributed by atoms with Crippen LogP contribution in [-0.4, -0.2) is 25.2 Å². The molecule has 5 aromatic rings. The van der Waals surface area contributed by atoms with Gasteiger partial charge >= 0.3 is 5.69 Å². The molecule has 0 aliphatic carbocycles. The first kappa shape index (κ1) is 25.3. The second-order valence-corrected chi connectivity index (χ2v) is 10.6. The van der Waals surface area contributed by atoms with Gasteiger partial charge in [0.15, 0.2) is 11.2 Å². The van der Waals surface area contributed by atoms with Crippen LogP contribution in [0.2, 0.25) is 10.0 Å². The Kier molecular flexibility index (Phi) is 6.45. The third-order valence-electron chi connectivity index (χ3n) is 6.89. The van der Waals surface area contributed by atoms with E-state index in [1.807, 2.05) is 59.2 Å². The Hall–Kier alpha value is -4.01. The van der Waals surface area contributed by atoms with Crippen LogP contribution in [0.3, 0.4) is 0 Å². The molecule has 6 rings (SSSR count). The van der Waals surface area contributed by atoms with Crippen molar-refractivity contribution in [1.82, 2.24) is 18.7 Å². The van der Waals surface area contributed by atoms with E-state index in [9.17, 15) is 9.59 Å². The van der Waals surface area contributed by atoms with E-state index >= 15 is 0 Å². The van der Waals surface area contributed by atoms with Crippen LogP contribution in [0.1, 0.15) is 12.5 Å². The van der Waals surface area contributed by atoms with Gasteiger partial charge in [-0.3, -0.25) is 13.9 Å². The molecule has 0 N–H and O–H groups in total. The minimum Gasteiger partial charge on any atom is -0.457 e. The number of hydrogen-bond acceptors (Lipinski definition) is 5. The van der Waals surface area contributed by atoms with Crippen molar-refractivity contribution < 1.29 is 4.74 Å². The van der Waals surface area contributed by atoms with Crippen molar-refractivity contribution in [2.45, 2.75) is 20.0 Å². The summed E-state index contributed by atoms with van der Waals surface area (Å²) in [5.41, 5.74) is 1.53. The minimum absolute atomic E-state index is 0.0704. The number of rotatable bonds is 5. The highest BCUT2D eigenvalue weighted by molar-refractivity contribution is 6.42. The Morgan fingerprint density at radius 3 is 2.36 bits per heavy atom. The molecule has 0 radical (unpaired) electrons. The predicted molar refractivity (Wildman–Crippen MR) is 154 cm³/mol. The van der Waals surface area contributed by atoms with Gasteiger partial charge in [-0.2, -0.15) is 4.98 Å². The van der Waals surface area contributed by atoms with Crippen molar-refractivity contribution in [3.05, 3.63) is 109 Å². The maximum absolute atomic E-state index is 13.8. The lowest BCUT2D eigenvalue weighted by atomic mass is 10.1. The van der Waals surface area contributed by atoms with E-state index in [1.54, 1.807) is 25.2 Å². The number of halogens is 2. The van der Waals surface area contributed by atoms with Crippen LogP contribution in [0.5, 0.6) is 11.5 Å². The van der Waals surface area contributed by atoms with Crippen LogP contribution >= 0.6 is 23.2 Å². The maximum Gasteiger partial charge on any atom is 0.332 e. The highest BCUT2D eigenvalue weighted by Crippen LogP contribution is 2.34. The molecule has 0 saturated carbocycles. The lowest BCUT2D eigenvalue weighted by Crippen LogP contribution is -2.40. The van der Waals surface area contributed by atoms with Gasteiger partial charge in [-0.15, -0.1) is 0 Å². The second-order valence-electron chi connectivity index (χ2n) is 9.80. The molecule has 1 atom stereocenters. The Bertz CT molecular complexity index is 1810. The number of aromatic nitrogens is 4. The molecule has 1 aliphatic rings. The molecule has 0 spiro atoms. The molecular weight excluding hydrogens is 537 g/mol. The standard InChI is InChI=1S/C29H25Cl2N5O3/c1-18-15-34(20-9-11-22(12-10-20)39-21-6-4-3-5-7-21)28-32-26-25(35(28)16-18)27(37)36(29(38)33(26)2)17-19-8-13-23(30)24(31)14-19/h3-14,18H,15-17H2,1-2H3/t18-/m1/s1. The normalized spacial score (nSPS) is 15.0. The Morgan fingerprint density at radius 2 is 1.64 bits per heavy atom. The van der Waals surface area contributed by atoms with E-state index < -0.39 is 11.2 Å². The zero-order valence-electron chi connectivity index (χ0n) is 21.3. The Morgan fingerprint density at radius 1 is 0.923 bits per heavy atom. The van der Waals surface area contributed by atoms with Crippen molar-refractivity contribution in [1.29, 1.82) is 0 Å². The topological polar surface area (TPSA) is 74.3 Å². The van der Waals surface area contributed by atoms with Crippen LogP contribution < -0.4 is 20.9 Å². The van der Waals surface area contributed by atoms with Crippen molar-refractivity contribution in [3.8, 4) is 11.5 Å². The summed E-state index contributed by atoms with van der Waals surface area (Å²) in [5, 5.41) is 0.779. The summed E-state index contributed by atoms with van der Waals surface area (Å²) in [6.45, 7) is 3.53. The van der Waals surface area contributed by atoms with E-state index in [0.29, 0.717) is 45.8 Å². The number of fused-ring (bicyclic) bond motifs is 3. The van der Waals surface area contributed by atoms with Crippen LogP contribution in [0.4, 0.5) is 11.6 Å². The van der Waals surface area contributed by atoms with Crippen molar-refractivity contribution >= 4 is 46.0 Å². The lowest BCUT2D eigenvalue weighted by Gasteiger charge is -2.33. The Labute approximate surface area is 234 Å². The third-order valence-corrected chi connectivity index (χ3v) is 7.63. The zero-order valence-corrected chi connectivity index (χ0v) is 22.9. The molecule has 0 unspecified atom stereocenters. The van der Waals surface area contributed by atoms with Gasteiger partial charge in [-0.05, 0) is 60.0 Å². The summed E-state index contributed by atoms with van der Waals surface area (Å²) in [7, 11) is 1.64. The van der Waals surface area contributed by atoms with E-state index in [0.717, 1.165) is 17.2 Å². The number of para-hydroxylation sites is 1. The minimum atomic E-state index is -0.448. The van der Waals surface area contributed by atoms with Crippen LogP contribution in [-0.2, 0) is 20.1 Å². The second kappa shape index (κ2) is 9.94. The van der Waals surface area contributed by atoms with Gasteiger partial charge in [0.1, 0.15) is 11.5 Å². The van der Waals surface area contributed by atoms with Crippen LogP contribution in [0.15, 0.2) is 82.4 Å². The van der Waals surface area contributed by atoms with Crippen molar-refractivity contribution in [2.24, 2.45) is 13.0 Å². The number of hydrogen-bond donors (Lipinski definition) is 0. The van der Waals surface area contributed by atoms with Crippen LogP contribution in [0.25, 0.3) is 11.2 Å². The molecular formula is C29H25Cl2N5O3. The average Bonchev–Trinajstić information content (AvgIpc) is 3.32. The summed E-state index contributed by atoms with van der Waals surface area (Å²) >= 11 is 12.2. The molecule has 2 aromatic heterocycles. The molecule has 0 fully saturated rings. The number of ether oxygens (including phenoxy) is 1. The summed E-state index contributed by atoms with van der Waals surface area (Å²) < 4.78 is 10.5. The molecule has 8 nitrogen and oxygen atoms in total. The molecule has 198 valence electrons. The van der Waals surface area contributed by atoms with Crippen LogP contribution in [0, 0.1) is 5.92 Å². The van der Waals surface area contributed by atoms with Gasteiger partial charge in [0.2, 0.25) is 5.95 Å². The molecule has 0 bridgehead atoms. The third kappa shape index (κ3) is 4.60. The molecule has 0 amide bonds. The van der Waals surface area contributed by atoms with E-state index in [2.05, 4.69) is 11.8 Å². The van der Waals surface area contributed by atoms with E-state index in [-0.39, 0.29) is 12.5 Å². The van der Waals surface area contributed by atoms with Gasteiger partial charge in [0.25, 0.3) is 5.56 Å². The van der Waals surface area contributed by atoms with Gasteiger partial charge in [-0.25, -0.2) is 4.79 Å². The van der Waals surface area contributed by atoms with E-state index in [4.69, 9.17) is 32.9 Å². The monoisotopic (exact) mass is 561 g/mol. The molecule has 39 heavy (non-hydrogen) atoms. The molecule has 0 saturated heterocycles. The van der Waals surface area contributed by atoms with Gasteiger partial charge in [0.05, 0.1) is 16.6 Å². The average molecular weight is 562 g/mol. The maximum atomic E-state index is 13.8. The number of anilines is 2. The fourth-order valence-corrected chi connectivity index (χ4v) is 5.32. The first-order valence-corrected chi connectivity index (χ1v) is 13.3. The molecule has 3 heterocycles. The lowest BCUT2D eigenvalue weighted by molar-refractivity contribution is 0.457. The molecule has 10 heteroatoms. The quantitative estimate of drug-likeness (QED) is 0.270. The summed E-state index contributed by atoms with van der Waals surface area (Å²) in [6, 6.07) is 22.5. The van der Waals surface area contributed by atoms with Crippen molar-refractivity contribution in [2.75, 3.05) is 11.4 Å². The number of imidazole rings is 1. The highest BCUT2D eigenvalue weighted by Gasteiger charge is 2.30. The smallest absolute Gasteiger partial charge is 0.332 e. The number of aryl methyl sites for hydroxylation is 1. The fourth-order valence-electron chi connectivity index (χ4n) is 5.00. The van der Waals surface area contributed by atoms with Gasteiger partial charge in [-0.1, -0.05) is 54.4 Å². The molecule has 3 aromatic carbocycles. The first-order valence-electron chi connectivity index (χ1n) is 12.5. The first-order chi connectivity index (χ1) is 18.8. The largest absolute Gasteiger partial charge is 0.457 e. The van der Waals surface area contributed by atoms with Gasteiger partial charge in [0, 0.05) is 25.8 Å². The summed E-state index contributed by atoms with van der Waals surface area (Å²) in [4.78, 5) is 33.9. The van der Waals surface area contributed by atoms with E-state index in [1.165, 1.54) is 9.13 Å². The zero-order chi connectivity index (χ0) is 27.3. The van der Waals surface area contributed by atoms with Gasteiger partial charge < -0.3 is 14.2 Å². The number of benzene rings is 3. The Balaban J connectivity index is 1.41. The number of nitrogens with zero attached hydrogens (tertiary/aromatic N) is 5. The highest BCUT2D eigenvalue weighted by atomic mass is 35.5. The fraction of sp³-hybridized carbons (Fsp3) is 0.207. The predicted octanol–water partition coefficient (Wildman–Crippen LogP) is 5.83. The SMILES string of the molecule is C[C@@H]1CN(c2ccc(Oc3ccccc3)cc2)c2nc3c(c(=O)n(Cc4ccc(Cl)c(Cl)c4)c(=O)n3C)n2C1. The molecule has 1 aliphatic heterocycles. The summed E-state index contributed by atoms with van der Waals surface area (Å²) in [6.07, 6.45) is 0. The van der Waals surface area contributed by atoms with Crippen molar-refractivity contribution in [3.63, 3.8) is 0 Å². The summed E-state index contributed by atoms with van der Waals surface area (Å²) in [5.74, 6) is 2.34.